The summed E-state index contributed by atoms with van der Waals surface area (Å²) in [6.07, 6.45) is 0.801. The largest absolute Gasteiger partial charge is 0.344 e. The van der Waals surface area contributed by atoms with E-state index in [4.69, 9.17) is 0 Å². The second-order valence-electron chi connectivity index (χ2n) is 5.44. The summed E-state index contributed by atoms with van der Waals surface area (Å²) in [6.45, 7) is 5.50. The number of hydrogen-bond donors (Lipinski definition) is 2. The number of thiophene rings is 1. The number of aryl methyl sites for hydroxylation is 2. The zero-order valence-corrected chi connectivity index (χ0v) is 13.7. The third-order valence-electron chi connectivity index (χ3n) is 3.47. The molecule has 0 aromatic carbocycles. The summed E-state index contributed by atoms with van der Waals surface area (Å²) in [7, 11) is -3.88. The Bertz CT molecular complexity index is 659. The van der Waals surface area contributed by atoms with Crippen LogP contribution in [0.3, 0.4) is 0 Å². The summed E-state index contributed by atoms with van der Waals surface area (Å²) in [5.74, 6) is -0.851. The van der Waals surface area contributed by atoms with Crippen molar-refractivity contribution in [1.82, 2.24) is 10.0 Å². The van der Waals surface area contributed by atoms with E-state index in [2.05, 4.69) is 10.0 Å². The van der Waals surface area contributed by atoms with E-state index in [1.54, 1.807) is 0 Å². The van der Waals surface area contributed by atoms with Gasteiger partial charge in [-0.2, -0.15) is 0 Å². The third-order valence-corrected chi connectivity index (χ3v) is 6.44. The number of hydrogen-bond acceptors (Lipinski definition) is 5. The van der Waals surface area contributed by atoms with Crippen molar-refractivity contribution in [3.8, 4) is 0 Å². The van der Waals surface area contributed by atoms with Crippen LogP contribution in [0.5, 0.6) is 0 Å². The first-order valence-electron chi connectivity index (χ1n) is 6.62. The molecule has 1 aromatic rings. The lowest BCUT2D eigenvalue weighted by molar-refractivity contribution is -0.131. The van der Waals surface area contributed by atoms with Crippen LogP contribution in [-0.4, -0.2) is 26.3 Å². The smallest absolute Gasteiger partial charge is 0.273 e. The second kappa shape index (κ2) is 5.76. The van der Waals surface area contributed by atoms with Crippen molar-refractivity contribution in [3.63, 3.8) is 0 Å². The van der Waals surface area contributed by atoms with Gasteiger partial charge in [0.2, 0.25) is 5.91 Å². The Morgan fingerprint density at radius 2 is 2.10 bits per heavy atom. The molecule has 6 nitrogen and oxygen atoms in total. The van der Waals surface area contributed by atoms with E-state index in [0.717, 1.165) is 21.8 Å². The zero-order valence-electron chi connectivity index (χ0n) is 12.1. The number of carbonyl (C=O) groups excluding carboxylic acids is 2. The van der Waals surface area contributed by atoms with Crippen LogP contribution < -0.4 is 10.0 Å². The fourth-order valence-electron chi connectivity index (χ4n) is 2.21. The maximum absolute atomic E-state index is 12.2. The molecule has 2 amide bonds. The molecular formula is C13H18N2O4S2. The maximum Gasteiger partial charge on any atom is 0.273 e. The molecule has 2 N–H and O–H groups in total. The number of piperidine rings is 1. The third kappa shape index (κ3) is 3.62. The van der Waals surface area contributed by atoms with Gasteiger partial charge in [0.05, 0.1) is 0 Å². The molecule has 2 heterocycles. The first-order chi connectivity index (χ1) is 9.69. The van der Waals surface area contributed by atoms with Crippen LogP contribution in [0.15, 0.2) is 10.3 Å². The summed E-state index contributed by atoms with van der Waals surface area (Å²) in [4.78, 5) is 24.4. The summed E-state index contributed by atoms with van der Waals surface area (Å²) >= 11 is 1.12. The first kappa shape index (κ1) is 16.0. The Kier molecular flexibility index (Phi) is 4.38. The van der Waals surface area contributed by atoms with Crippen molar-refractivity contribution < 1.29 is 18.0 Å². The highest BCUT2D eigenvalue weighted by atomic mass is 32.2. The van der Waals surface area contributed by atoms with Gasteiger partial charge in [-0.3, -0.25) is 9.59 Å². The average molecular weight is 330 g/mol. The Morgan fingerprint density at radius 1 is 1.43 bits per heavy atom. The number of nitrogens with one attached hydrogen (secondary N) is 2. The molecule has 0 bridgehead atoms. The van der Waals surface area contributed by atoms with E-state index in [1.165, 1.54) is 6.07 Å². The Labute approximate surface area is 128 Å². The molecule has 0 spiro atoms. The van der Waals surface area contributed by atoms with E-state index < -0.39 is 22.0 Å². The van der Waals surface area contributed by atoms with Gasteiger partial charge in [0.1, 0.15) is 10.3 Å². The molecule has 0 radical (unpaired) electrons. The van der Waals surface area contributed by atoms with E-state index in [1.807, 2.05) is 20.8 Å². The quantitative estimate of drug-likeness (QED) is 0.867. The Morgan fingerprint density at radius 3 is 2.62 bits per heavy atom. The number of amides is 2. The predicted molar refractivity (Wildman–Crippen MR) is 79.5 cm³/mol. The minimum atomic E-state index is -3.88. The van der Waals surface area contributed by atoms with Gasteiger partial charge in [0.25, 0.3) is 15.9 Å². The standard InChI is InChI=1S/C13H18N2O4S2/c1-7-4-10(14-11(16)5-7)13(17)15-21(18,19)12-6-8(2)9(3)20-12/h6-7,10H,4-5H2,1-3H3,(H,14,16)(H,15,17)/t7-,10-/m0/s1. The molecule has 1 aliphatic rings. The fraction of sp³-hybridized carbons (Fsp3) is 0.538. The van der Waals surface area contributed by atoms with E-state index in [9.17, 15) is 18.0 Å². The lowest BCUT2D eigenvalue weighted by atomic mass is 9.93. The molecule has 0 unspecified atom stereocenters. The molecule has 8 heteroatoms. The van der Waals surface area contributed by atoms with E-state index >= 15 is 0 Å². The molecule has 0 saturated carbocycles. The highest BCUT2D eigenvalue weighted by molar-refractivity contribution is 7.92. The molecule has 0 aliphatic carbocycles. The molecule has 2 atom stereocenters. The van der Waals surface area contributed by atoms with E-state index in [-0.39, 0.29) is 16.0 Å². The van der Waals surface area contributed by atoms with Crippen molar-refractivity contribution >= 4 is 33.2 Å². The lowest BCUT2D eigenvalue weighted by Crippen LogP contribution is -2.51. The van der Waals surface area contributed by atoms with Crippen LogP contribution in [0.4, 0.5) is 0 Å². The predicted octanol–water partition coefficient (Wildman–Crippen LogP) is 1.08. The SMILES string of the molecule is Cc1cc(S(=O)(=O)NC(=O)[C@@H]2C[C@H](C)CC(=O)N2)sc1C. The molecule has 116 valence electrons. The highest BCUT2D eigenvalue weighted by Crippen LogP contribution is 2.25. The summed E-state index contributed by atoms with van der Waals surface area (Å²) in [5.41, 5.74) is 0.868. The van der Waals surface area contributed by atoms with Gasteiger partial charge in [-0.1, -0.05) is 6.92 Å². The molecule has 1 fully saturated rings. The van der Waals surface area contributed by atoms with Crippen LogP contribution in [0.1, 0.15) is 30.2 Å². The normalized spacial score (nSPS) is 22.7. The topological polar surface area (TPSA) is 92.3 Å². The van der Waals surface area contributed by atoms with Gasteiger partial charge in [-0.25, -0.2) is 13.1 Å². The Balaban J connectivity index is 2.13. The van der Waals surface area contributed by atoms with Gasteiger partial charge in [-0.15, -0.1) is 11.3 Å². The van der Waals surface area contributed by atoms with Gasteiger partial charge in [0.15, 0.2) is 0 Å². The van der Waals surface area contributed by atoms with Crippen LogP contribution >= 0.6 is 11.3 Å². The molecular weight excluding hydrogens is 312 g/mol. The molecule has 1 aliphatic heterocycles. The monoisotopic (exact) mass is 330 g/mol. The van der Waals surface area contributed by atoms with Crippen molar-refractivity contribution in [2.45, 2.75) is 43.9 Å². The average Bonchev–Trinajstić information content (AvgIpc) is 2.68. The van der Waals surface area contributed by atoms with Gasteiger partial charge < -0.3 is 5.32 Å². The highest BCUT2D eigenvalue weighted by Gasteiger charge is 2.31. The van der Waals surface area contributed by atoms with Crippen LogP contribution in [-0.2, 0) is 19.6 Å². The number of sulfonamides is 1. The van der Waals surface area contributed by atoms with Crippen molar-refractivity contribution in [1.29, 1.82) is 0 Å². The van der Waals surface area contributed by atoms with Crippen molar-refractivity contribution in [2.24, 2.45) is 5.92 Å². The molecule has 1 aromatic heterocycles. The van der Waals surface area contributed by atoms with Crippen LogP contribution in [0.25, 0.3) is 0 Å². The maximum atomic E-state index is 12.2. The fourth-order valence-corrected chi connectivity index (χ4v) is 4.75. The second-order valence-corrected chi connectivity index (χ2v) is 8.61. The summed E-state index contributed by atoms with van der Waals surface area (Å²) in [6, 6.07) is 0.746. The number of rotatable bonds is 3. The Hall–Kier alpha value is -1.41. The van der Waals surface area contributed by atoms with Crippen molar-refractivity contribution in [2.75, 3.05) is 0 Å². The molecule has 21 heavy (non-hydrogen) atoms. The minimum absolute atomic E-state index is 0.0587. The van der Waals surface area contributed by atoms with Crippen molar-refractivity contribution in [3.05, 3.63) is 16.5 Å². The lowest BCUT2D eigenvalue weighted by Gasteiger charge is -2.26. The number of carbonyl (C=O) groups is 2. The van der Waals surface area contributed by atoms with Gasteiger partial charge >= 0.3 is 0 Å². The minimum Gasteiger partial charge on any atom is -0.344 e. The van der Waals surface area contributed by atoms with Crippen LogP contribution in [0, 0.1) is 19.8 Å². The first-order valence-corrected chi connectivity index (χ1v) is 8.92. The zero-order chi connectivity index (χ0) is 15.8. The summed E-state index contributed by atoms with van der Waals surface area (Å²) < 4.78 is 26.5. The molecule has 1 saturated heterocycles. The summed E-state index contributed by atoms with van der Waals surface area (Å²) in [5, 5.41) is 2.53. The van der Waals surface area contributed by atoms with Gasteiger partial charge in [-0.05, 0) is 37.8 Å². The van der Waals surface area contributed by atoms with Crippen LogP contribution in [0.2, 0.25) is 0 Å². The van der Waals surface area contributed by atoms with Gasteiger partial charge in [0, 0.05) is 11.3 Å². The molecule has 2 rings (SSSR count). The van der Waals surface area contributed by atoms with E-state index in [0.29, 0.717) is 12.8 Å².